The van der Waals surface area contributed by atoms with Crippen LogP contribution < -0.4 is 10.6 Å². The summed E-state index contributed by atoms with van der Waals surface area (Å²) in [5, 5.41) is 15.4. The number of fused-ring (bicyclic) bond motifs is 3. The summed E-state index contributed by atoms with van der Waals surface area (Å²) in [6, 6.07) is 24.4. The number of rotatable bonds is 10. The first-order valence-electron chi connectivity index (χ1n) is 14.2. The quantitative estimate of drug-likeness (QED) is 0.314. The second kappa shape index (κ2) is 13.0. The molecule has 2 aliphatic rings. The lowest BCUT2D eigenvalue weighted by Gasteiger charge is -2.30. The van der Waals surface area contributed by atoms with E-state index in [0.29, 0.717) is 12.8 Å². The lowest BCUT2D eigenvalue weighted by molar-refractivity contribution is -0.147. The first kappa shape index (κ1) is 28.4. The number of amides is 2. The van der Waals surface area contributed by atoms with E-state index in [1.807, 2.05) is 54.6 Å². The van der Waals surface area contributed by atoms with Crippen LogP contribution in [0, 0.1) is 5.92 Å². The predicted octanol–water partition coefficient (Wildman–Crippen LogP) is 5.26. The fourth-order valence-corrected chi connectivity index (χ4v) is 5.91. The van der Waals surface area contributed by atoms with Gasteiger partial charge in [0.1, 0.15) is 6.61 Å². The second-order valence-electron chi connectivity index (χ2n) is 10.9. The number of carboxylic acid groups (broad SMARTS) is 1. The Hall–Kier alpha value is -4.17. The van der Waals surface area contributed by atoms with E-state index in [1.165, 1.54) is 0 Å². The Morgan fingerprint density at radius 2 is 1.54 bits per heavy atom. The number of hydrogen-bond donors (Lipinski definition) is 3. The van der Waals surface area contributed by atoms with Crippen molar-refractivity contribution in [3.05, 3.63) is 95.6 Å². The molecular formula is C33H36N2O6. The molecule has 1 saturated carbocycles. The third-order valence-corrected chi connectivity index (χ3v) is 8.10. The van der Waals surface area contributed by atoms with Crippen molar-refractivity contribution >= 4 is 18.0 Å². The molecule has 0 saturated heterocycles. The molecule has 3 N–H and O–H groups in total. The number of nitrogens with one attached hydrogen (secondary N) is 2. The van der Waals surface area contributed by atoms with E-state index in [0.717, 1.165) is 40.7 Å². The summed E-state index contributed by atoms with van der Waals surface area (Å²) < 4.78 is 11.4. The van der Waals surface area contributed by atoms with Crippen LogP contribution in [0.25, 0.3) is 11.1 Å². The van der Waals surface area contributed by atoms with Crippen LogP contribution in [-0.4, -0.2) is 47.9 Å². The molecule has 5 rings (SSSR count). The zero-order valence-electron chi connectivity index (χ0n) is 23.1. The van der Waals surface area contributed by atoms with Crippen molar-refractivity contribution in [2.75, 3.05) is 6.61 Å². The molecule has 0 radical (unpaired) electrons. The molecule has 8 nitrogen and oxygen atoms in total. The summed E-state index contributed by atoms with van der Waals surface area (Å²) in [6.07, 6.45) is 1.28. The van der Waals surface area contributed by atoms with E-state index in [4.69, 9.17) is 9.47 Å². The molecule has 2 amide bonds. The van der Waals surface area contributed by atoms with Crippen LogP contribution in [0.15, 0.2) is 78.9 Å². The minimum Gasteiger partial charge on any atom is -0.480 e. The highest BCUT2D eigenvalue weighted by Crippen LogP contribution is 2.44. The highest BCUT2D eigenvalue weighted by atomic mass is 16.5. The Kier molecular flexibility index (Phi) is 8.99. The van der Waals surface area contributed by atoms with Crippen molar-refractivity contribution in [3.63, 3.8) is 0 Å². The van der Waals surface area contributed by atoms with Crippen molar-refractivity contribution in [1.82, 2.24) is 10.6 Å². The molecule has 3 aromatic rings. The minimum absolute atomic E-state index is 0.0305. The van der Waals surface area contributed by atoms with Gasteiger partial charge in [0.05, 0.1) is 12.7 Å². The lowest BCUT2D eigenvalue weighted by atomic mass is 9.85. The molecule has 41 heavy (non-hydrogen) atoms. The summed E-state index contributed by atoms with van der Waals surface area (Å²) in [5.74, 6) is -1.93. The number of benzene rings is 3. The molecule has 1 fully saturated rings. The number of carbonyl (C=O) groups is 3. The van der Waals surface area contributed by atoms with Gasteiger partial charge in [0.15, 0.2) is 6.04 Å². The minimum atomic E-state index is -1.18. The average Bonchev–Trinajstić information content (AvgIpc) is 3.31. The van der Waals surface area contributed by atoms with Crippen LogP contribution in [0.4, 0.5) is 4.79 Å². The average molecular weight is 557 g/mol. The third kappa shape index (κ3) is 6.77. The van der Waals surface area contributed by atoms with Crippen molar-refractivity contribution < 1.29 is 29.0 Å². The van der Waals surface area contributed by atoms with Crippen molar-refractivity contribution in [3.8, 4) is 11.1 Å². The Morgan fingerprint density at radius 3 is 2.20 bits per heavy atom. The summed E-state index contributed by atoms with van der Waals surface area (Å²) >= 11 is 0. The van der Waals surface area contributed by atoms with Crippen LogP contribution >= 0.6 is 0 Å². The molecule has 0 aromatic heterocycles. The molecular weight excluding hydrogens is 520 g/mol. The number of carbonyl (C=O) groups excluding carboxylic acids is 2. The van der Waals surface area contributed by atoms with Gasteiger partial charge in [0.2, 0.25) is 5.91 Å². The topological polar surface area (TPSA) is 114 Å². The van der Waals surface area contributed by atoms with Crippen LogP contribution in [-0.2, 0) is 25.7 Å². The van der Waals surface area contributed by atoms with Crippen molar-refractivity contribution in [2.45, 2.75) is 63.3 Å². The van der Waals surface area contributed by atoms with Gasteiger partial charge in [-0.2, -0.15) is 0 Å². The highest BCUT2D eigenvalue weighted by molar-refractivity contribution is 5.85. The van der Waals surface area contributed by atoms with E-state index in [9.17, 15) is 19.5 Å². The van der Waals surface area contributed by atoms with Gasteiger partial charge in [-0.15, -0.1) is 0 Å². The largest absolute Gasteiger partial charge is 0.480 e. The maximum atomic E-state index is 13.1. The van der Waals surface area contributed by atoms with Crippen molar-refractivity contribution in [2.24, 2.45) is 5.92 Å². The van der Waals surface area contributed by atoms with Gasteiger partial charge in [-0.3, -0.25) is 4.79 Å². The van der Waals surface area contributed by atoms with Crippen LogP contribution in [0.1, 0.15) is 55.2 Å². The van der Waals surface area contributed by atoms with Gasteiger partial charge < -0.3 is 25.2 Å². The Bertz CT molecular complexity index is 1330. The zero-order chi connectivity index (χ0) is 28.8. The Labute approximate surface area is 240 Å². The smallest absolute Gasteiger partial charge is 0.407 e. The SMILES string of the molecule is CC(OCc1ccccc1)C(NC(=O)[C@@H]1CCC[C@@H](NC(=O)OCC2c3ccccc3-c3ccccc32)C1)C(=O)O. The monoisotopic (exact) mass is 556 g/mol. The molecule has 0 spiro atoms. The number of aliphatic carboxylic acids is 1. The van der Waals surface area contributed by atoms with Crippen LogP contribution in [0.3, 0.4) is 0 Å². The van der Waals surface area contributed by atoms with E-state index >= 15 is 0 Å². The summed E-state index contributed by atoms with van der Waals surface area (Å²) in [6.45, 7) is 2.11. The molecule has 0 aliphatic heterocycles. The first-order chi connectivity index (χ1) is 19.9. The van der Waals surface area contributed by atoms with Crippen LogP contribution in [0.2, 0.25) is 0 Å². The van der Waals surface area contributed by atoms with Crippen LogP contribution in [0.5, 0.6) is 0 Å². The number of ether oxygens (including phenoxy) is 2. The fraction of sp³-hybridized carbons (Fsp3) is 0.364. The normalized spacial score (nSPS) is 19.3. The maximum absolute atomic E-state index is 13.1. The Balaban J connectivity index is 1.12. The number of hydrogen-bond acceptors (Lipinski definition) is 5. The summed E-state index contributed by atoms with van der Waals surface area (Å²) in [4.78, 5) is 37.8. The molecule has 2 aliphatic carbocycles. The molecule has 0 bridgehead atoms. The molecule has 214 valence electrons. The zero-order valence-corrected chi connectivity index (χ0v) is 23.1. The molecule has 8 heteroatoms. The predicted molar refractivity (Wildman–Crippen MR) is 154 cm³/mol. The summed E-state index contributed by atoms with van der Waals surface area (Å²) in [5.41, 5.74) is 5.54. The molecule has 3 aromatic carbocycles. The van der Waals surface area contributed by atoms with Gasteiger partial charge in [-0.05, 0) is 54.0 Å². The summed E-state index contributed by atoms with van der Waals surface area (Å²) in [7, 11) is 0. The Morgan fingerprint density at radius 1 is 0.902 bits per heavy atom. The van der Waals surface area contributed by atoms with Crippen molar-refractivity contribution in [1.29, 1.82) is 0 Å². The van der Waals surface area contributed by atoms with Gasteiger partial charge in [-0.25, -0.2) is 9.59 Å². The van der Waals surface area contributed by atoms with E-state index in [2.05, 4.69) is 34.9 Å². The van der Waals surface area contributed by atoms with E-state index in [-0.39, 0.29) is 31.1 Å². The highest BCUT2D eigenvalue weighted by Gasteiger charge is 2.34. The van der Waals surface area contributed by atoms with E-state index in [1.54, 1.807) is 6.92 Å². The molecule has 4 atom stereocenters. The number of carboxylic acids is 1. The van der Waals surface area contributed by atoms with Gasteiger partial charge >= 0.3 is 12.1 Å². The van der Waals surface area contributed by atoms with Gasteiger partial charge in [0.25, 0.3) is 0 Å². The third-order valence-electron chi connectivity index (χ3n) is 8.10. The van der Waals surface area contributed by atoms with Gasteiger partial charge in [-0.1, -0.05) is 85.3 Å². The first-order valence-corrected chi connectivity index (χ1v) is 14.2. The fourth-order valence-electron chi connectivity index (χ4n) is 5.91. The van der Waals surface area contributed by atoms with Gasteiger partial charge in [0, 0.05) is 17.9 Å². The number of alkyl carbamates (subject to hydrolysis) is 1. The lowest BCUT2D eigenvalue weighted by Crippen LogP contribution is -2.51. The molecule has 0 heterocycles. The second-order valence-corrected chi connectivity index (χ2v) is 10.9. The van der Waals surface area contributed by atoms with E-state index < -0.39 is 30.1 Å². The standard InChI is InChI=1S/C33H36N2O6/c1-21(40-19-22-10-3-2-4-11-22)30(32(37)38)35-31(36)23-12-9-13-24(18-23)34-33(39)41-20-29-27-16-7-5-14-25(27)26-15-6-8-17-28(26)29/h2-8,10-11,14-17,21,23-24,29-30H,9,12-13,18-20H2,1H3,(H,34,39)(H,35,36)(H,37,38)/t21?,23-,24-,30?/m1/s1. The molecule has 2 unspecified atom stereocenters. The maximum Gasteiger partial charge on any atom is 0.407 e.